The Balaban J connectivity index is 1.23. The summed E-state index contributed by atoms with van der Waals surface area (Å²) in [5.74, 6) is 2.07. The molecular formula is C32H39N7O3. The normalized spacial score (nSPS) is 25.5. The summed E-state index contributed by atoms with van der Waals surface area (Å²) in [5, 5.41) is 21.5. The van der Waals surface area contributed by atoms with Gasteiger partial charge in [-0.25, -0.2) is 4.68 Å². The molecule has 1 aromatic carbocycles. The number of rotatable bonds is 3. The number of nitrogens with one attached hydrogen (secondary N) is 2. The molecule has 0 spiro atoms. The minimum atomic E-state index is -0.314. The Labute approximate surface area is 246 Å². The quantitative estimate of drug-likeness (QED) is 0.397. The van der Waals surface area contributed by atoms with Crippen LogP contribution in [0.15, 0.2) is 41.5 Å². The number of anilines is 3. The first-order valence-corrected chi connectivity index (χ1v) is 15.3. The highest BCUT2D eigenvalue weighted by Gasteiger charge is 2.36. The predicted octanol–water partition coefficient (Wildman–Crippen LogP) is 5.13. The second kappa shape index (κ2) is 11.1. The van der Waals surface area contributed by atoms with Gasteiger partial charge in [0.2, 0.25) is 11.8 Å². The maximum atomic E-state index is 13.7. The molecule has 7 rings (SSSR count). The summed E-state index contributed by atoms with van der Waals surface area (Å²) < 4.78 is 8.00. The third kappa shape index (κ3) is 5.47. The molecule has 2 bridgehead atoms. The van der Waals surface area contributed by atoms with Gasteiger partial charge in [-0.2, -0.15) is 10.1 Å². The molecule has 2 aromatic heterocycles. The number of carbonyl (C=O) groups excluding carboxylic acids is 1. The van der Waals surface area contributed by atoms with Crippen molar-refractivity contribution in [3.05, 3.63) is 47.8 Å². The number of ether oxygens (including phenoxy) is 1. The van der Waals surface area contributed by atoms with E-state index in [4.69, 9.17) is 9.72 Å². The molecule has 0 unspecified atom stereocenters. The summed E-state index contributed by atoms with van der Waals surface area (Å²) in [7, 11) is 1.87. The number of amides is 1. The van der Waals surface area contributed by atoms with Gasteiger partial charge in [-0.1, -0.05) is 0 Å². The molecule has 3 aromatic rings. The third-order valence-corrected chi connectivity index (χ3v) is 9.09. The smallest absolute Gasteiger partial charge is 0.280 e. The number of nitrogens with zero attached hydrogens (tertiary/aromatic N) is 5. The van der Waals surface area contributed by atoms with Crippen LogP contribution in [0, 0.1) is 18.8 Å². The number of aryl methyl sites for hydroxylation is 2. The van der Waals surface area contributed by atoms with E-state index in [-0.39, 0.29) is 12.0 Å². The first-order chi connectivity index (χ1) is 20.4. The van der Waals surface area contributed by atoms with Crippen LogP contribution in [-0.2, 0) is 7.05 Å². The molecule has 2 aliphatic heterocycles. The summed E-state index contributed by atoms with van der Waals surface area (Å²) in [4.78, 5) is 25.3. The van der Waals surface area contributed by atoms with Crippen molar-refractivity contribution in [2.75, 3.05) is 28.7 Å². The molecule has 10 nitrogen and oxygen atoms in total. The molecule has 2 fully saturated rings. The molecule has 220 valence electrons. The third-order valence-electron chi connectivity index (χ3n) is 9.09. The monoisotopic (exact) mass is 569 g/mol. The van der Waals surface area contributed by atoms with Crippen LogP contribution in [-0.4, -0.2) is 57.0 Å². The van der Waals surface area contributed by atoms with Crippen molar-refractivity contribution < 1.29 is 14.6 Å². The number of aliphatic hydroxyl groups is 1. The van der Waals surface area contributed by atoms with Crippen LogP contribution in [0.2, 0.25) is 0 Å². The van der Waals surface area contributed by atoms with E-state index in [0.717, 1.165) is 73.4 Å². The number of aliphatic imine (C=N–C) groups is 1. The van der Waals surface area contributed by atoms with Gasteiger partial charge in [-0.3, -0.25) is 9.78 Å². The lowest BCUT2D eigenvalue weighted by atomic mass is 9.93. The van der Waals surface area contributed by atoms with Gasteiger partial charge >= 0.3 is 0 Å². The molecule has 2 saturated carbocycles. The van der Waals surface area contributed by atoms with E-state index in [9.17, 15) is 9.90 Å². The van der Waals surface area contributed by atoms with Crippen molar-refractivity contribution in [1.82, 2.24) is 14.8 Å². The molecule has 42 heavy (non-hydrogen) atoms. The Morgan fingerprint density at radius 1 is 1.05 bits per heavy atom. The molecular weight excluding hydrogens is 530 g/mol. The number of benzene rings is 1. The van der Waals surface area contributed by atoms with Crippen molar-refractivity contribution in [1.29, 1.82) is 0 Å². The molecule has 4 heterocycles. The van der Waals surface area contributed by atoms with Crippen LogP contribution in [0.25, 0.3) is 11.3 Å². The summed E-state index contributed by atoms with van der Waals surface area (Å²) in [5.41, 5.74) is 5.67. The van der Waals surface area contributed by atoms with Gasteiger partial charge in [0.25, 0.3) is 5.91 Å². The number of carbonyl (C=O) groups is 1. The fraction of sp³-hybridized carbons (Fsp3) is 0.500. The van der Waals surface area contributed by atoms with Crippen molar-refractivity contribution >= 4 is 28.9 Å². The van der Waals surface area contributed by atoms with Crippen LogP contribution in [0.4, 0.5) is 17.1 Å². The van der Waals surface area contributed by atoms with Crippen molar-refractivity contribution in [2.45, 2.75) is 70.4 Å². The number of fused-ring (bicyclic) bond motifs is 7. The summed E-state index contributed by atoms with van der Waals surface area (Å²) >= 11 is 0. The van der Waals surface area contributed by atoms with Crippen LogP contribution in [0.3, 0.4) is 0 Å². The van der Waals surface area contributed by atoms with Crippen molar-refractivity contribution in [3.8, 4) is 17.1 Å². The second-order valence-corrected chi connectivity index (χ2v) is 12.3. The maximum absolute atomic E-state index is 13.7. The van der Waals surface area contributed by atoms with E-state index in [2.05, 4.69) is 43.8 Å². The molecule has 3 N–H and O–H groups in total. The van der Waals surface area contributed by atoms with Crippen LogP contribution in [0.5, 0.6) is 5.88 Å². The molecule has 10 heteroatoms. The topological polar surface area (TPSA) is 117 Å². The summed E-state index contributed by atoms with van der Waals surface area (Å²) in [6.45, 7) is 3.27. The molecule has 0 radical (unpaired) electrons. The Morgan fingerprint density at radius 3 is 2.69 bits per heavy atom. The van der Waals surface area contributed by atoms with Gasteiger partial charge in [-0.15, -0.1) is 0 Å². The number of pyridine rings is 1. The lowest BCUT2D eigenvalue weighted by Crippen LogP contribution is -2.36. The van der Waals surface area contributed by atoms with E-state index in [0.29, 0.717) is 47.6 Å². The van der Waals surface area contributed by atoms with E-state index in [1.165, 1.54) is 12.8 Å². The minimum Gasteiger partial charge on any atom is -0.477 e. The number of aromatic nitrogens is 3. The SMILES string of the molecule is Cc1cc2cc(n1)-c1cnn(C)c1OCCC[C@@H](C1CC1)CN1/C(=N/C2=O)Nc2cc(N[C@H]3CC[C@H](O)CC3)ccc21. The van der Waals surface area contributed by atoms with Gasteiger partial charge in [0.05, 0.1) is 41.5 Å². The molecule has 1 amide bonds. The largest absolute Gasteiger partial charge is 0.477 e. The number of hydrogen-bond acceptors (Lipinski definition) is 8. The van der Waals surface area contributed by atoms with Crippen LogP contribution < -0.4 is 20.3 Å². The highest BCUT2D eigenvalue weighted by atomic mass is 16.5. The Kier molecular flexibility index (Phi) is 7.09. The molecule has 2 aliphatic carbocycles. The van der Waals surface area contributed by atoms with Crippen LogP contribution >= 0.6 is 0 Å². The number of aliphatic hydroxyl groups excluding tert-OH is 1. The minimum absolute atomic E-state index is 0.179. The maximum Gasteiger partial charge on any atom is 0.280 e. The Bertz CT molecular complexity index is 1520. The van der Waals surface area contributed by atoms with Gasteiger partial charge in [0, 0.05) is 36.6 Å². The van der Waals surface area contributed by atoms with Gasteiger partial charge in [-0.05, 0) is 100 Å². The summed E-state index contributed by atoms with van der Waals surface area (Å²) in [6, 6.07) is 10.3. The second-order valence-electron chi connectivity index (χ2n) is 12.3. The zero-order chi connectivity index (χ0) is 28.8. The van der Waals surface area contributed by atoms with Gasteiger partial charge < -0.3 is 25.4 Å². The zero-order valence-corrected chi connectivity index (χ0v) is 24.3. The lowest BCUT2D eigenvalue weighted by Gasteiger charge is -2.27. The highest BCUT2D eigenvalue weighted by molar-refractivity contribution is 6.19. The van der Waals surface area contributed by atoms with Gasteiger partial charge in [0.1, 0.15) is 0 Å². The van der Waals surface area contributed by atoms with Gasteiger partial charge in [0.15, 0.2) is 0 Å². The molecule has 1 atom stereocenters. The number of hydrogen-bond donors (Lipinski definition) is 3. The van der Waals surface area contributed by atoms with E-state index in [1.807, 2.05) is 14.0 Å². The predicted molar refractivity (Wildman–Crippen MR) is 163 cm³/mol. The Morgan fingerprint density at radius 2 is 1.88 bits per heavy atom. The average Bonchev–Trinajstić information content (AvgIpc) is 3.68. The number of guanidine groups is 1. The Hall–Kier alpha value is -3.92. The lowest BCUT2D eigenvalue weighted by molar-refractivity contribution is 0.100. The fourth-order valence-corrected chi connectivity index (χ4v) is 6.65. The van der Waals surface area contributed by atoms with E-state index >= 15 is 0 Å². The average molecular weight is 570 g/mol. The first kappa shape index (κ1) is 26.9. The van der Waals surface area contributed by atoms with E-state index < -0.39 is 0 Å². The fourth-order valence-electron chi connectivity index (χ4n) is 6.65. The van der Waals surface area contributed by atoms with Crippen molar-refractivity contribution in [2.24, 2.45) is 23.9 Å². The highest BCUT2D eigenvalue weighted by Crippen LogP contribution is 2.43. The standard InChI is InChI=1S/C32H39N7O3/c1-19-14-22-15-27(34-19)26-17-33-38(2)31(26)42-13-3-4-21(20-5-6-20)18-39-29-12-9-24(35-23-7-10-25(40)11-8-23)16-28(29)36-32(39)37-30(22)41/h9,12,14-17,20-21,23,25,35,40H,3-8,10-11,13,18H2,1-2H3,(H,36,37,41)/t21-,23-,25-/m1/s1. The first-order valence-electron chi connectivity index (χ1n) is 15.3. The molecule has 0 saturated heterocycles. The van der Waals surface area contributed by atoms with Crippen LogP contribution in [0.1, 0.15) is 67.4 Å². The molecule has 4 aliphatic rings. The zero-order valence-electron chi connectivity index (χ0n) is 24.3. The van der Waals surface area contributed by atoms with E-state index in [1.54, 1.807) is 23.0 Å². The van der Waals surface area contributed by atoms with Crippen molar-refractivity contribution in [3.63, 3.8) is 0 Å². The summed E-state index contributed by atoms with van der Waals surface area (Å²) in [6.07, 6.45) is 9.60.